The van der Waals surface area contributed by atoms with Crippen molar-refractivity contribution >= 4 is 17.4 Å². The van der Waals surface area contributed by atoms with Crippen LogP contribution in [-0.2, 0) is 0 Å². The number of carbonyl (C=O) groups is 1. The highest BCUT2D eigenvalue weighted by Crippen LogP contribution is 2.23. The lowest BCUT2D eigenvalue weighted by atomic mass is 10.3. The van der Waals surface area contributed by atoms with Crippen LogP contribution in [0.15, 0.2) is 60.7 Å². The second kappa shape index (κ2) is 7.44. The van der Waals surface area contributed by atoms with Crippen molar-refractivity contribution in [3.8, 4) is 11.8 Å². The second-order valence-electron chi connectivity index (χ2n) is 5.41. The average molecular weight is 334 g/mol. The van der Waals surface area contributed by atoms with Gasteiger partial charge >= 0.3 is 12.0 Å². The van der Waals surface area contributed by atoms with Gasteiger partial charge in [0.2, 0.25) is 0 Å². The molecular formula is C19H18N4O2. The summed E-state index contributed by atoms with van der Waals surface area (Å²) in [6.07, 6.45) is 0. The number of aromatic nitrogens is 2. The first-order valence-corrected chi connectivity index (χ1v) is 7.83. The van der Waals surface area contributed by atoms with E-state index >= 15 is 0 Å². The van der Waals surface area contributed by atoms with Crippen LogP contribution in [0.1, 0.15) is 11.4 Å². The number of carbonyl (C=O) groups excluding carboxylic acids is 1. The maximum atomic E-state index is 12.2. The lowest BCUT2D eigenvalue weighted by Gasteiger charge is -2.13. The first-order chi connectivity index (χ1) is 12.1. The number of benzene rings is 2. The maximum absolute atomic E-state index is 12.2. The summed E-state index contributed by atoms with van der Waals surface area (Å²) in [5, 5.41) is 5.55. The number of amides is 2. The maximum Gasteiger partial charge on any atom is 0.323 e. The Morgan fingerprint density at radius 3 is 2.00 bits per heavy atom. The number of anilines is 2. The van der Waals surface area contributed by atoms with Gasteiger partial charge in [-0.25, -0.2) is 4.79 Å². The van der Waals surface area contributed by atoms with E-state index in [1.165, 1.54) is 0 Å². The molecule has 0 saturated heterocycles. The van der Waals surface area contributed by atoms with E-state index in [4.69, 9.17) is 4.74 Å². The topological polar surface area (TPSA) is 76.1 Å². The quantitative estimate of drug-likeness (QED) is 0.735. The molecule has 0 aliphatic carbocycles. The lowest BCUT2D eigenvalue weighted by molar-refractivity contribution is 0.262. The van der Waals surface area contributed by atoms with Crippen molar-refractivity contribution in [2.45, 2.75) is 13.8 Å². The molecule has 0 bridgehead atoms. The number of aryl methyl sites for hydroxylation is 2. The molecule has 2 aromatic carbocycles. The van der Waals surface area contributed by atoms with Crippen LogP contribution in [0.3, 0.4) is 0 Å². The summed E-state index contributed by atoms with van der Waals surface area (Å²) >= 11 is 0. The Balaban J connectivity index is 1.73. The van der Waals surface area contributed by atoms with Crippen LogP contribution in [0.4, 0.5) is 16.2 Å². The minimum absolute atomic E-state index is 0.246. The fraction of sp³-hybridized carbons (Fsp3) is 0.105. The van der Waals surface area contributed by atoms with Gasteiger partial charge in [0.25, 0.3) is 0 Å². The van der Waals surface area contributed by atoms with E-state index in [1.54, 1.807) is 13.8 Å². The highest BCUT2D eigenvalue weighted by atomic mass is 16.5. The highest BCUT2D eigenvalue weighted by Gasteiger charge is 2.13. The van der Waals surface area contributed by atoms with Gasteiger partial charge in [-0.15, -0.1) is 0 Å². The number of ether oxygens (including phenoxy) is 1. The van der Waals surface area contributed by atoms with Crippen LogP contribution in [0.5, 0.6) is 11.8 Å². The fourth-order valence-corrected chi connectivity index (χ4v) is 2.30. The van der Waals surface area contributed by atoms with E-state index in [-0.39, 0.29) is 12.0 Å². The monoisotopic (exact) mass is 334 g/mol. The van der Waals surface area contributed by atoms with Gasteiger partial charge < -0.3 is 15.4 Å². The van der Waals surface area contributed by atoms with Gasteiger partial charge in [-0.1, -0.05) is 36.4 Å². The fourth-order valence-electron chi connectivity index (χ4n) is 2.30. The molecule has 25 heavy (non-hydrogen) atoms. The van der Waals surface area contributed by atoms with Crippen LogP contribution < -0.4 is 15.4 Å². The molecule has 3 rings (SSSR count). The third-order valence-corrected chi connectivity index (χ3v) is 3.47. The SMILES string of the molecule is Cc1nc(Oc2ccccc2)nc(C)c1NC(=O)Nc1ccccc1. The zero-order valence-corrected chi connectivity index (χ0v) is 14.0. The third-order valence-electron chi connectivity index (χ3n) is 3.47. The molecule has 0 aliphatic heterocycles. The number of hydrogen-bond donors (Lipinski definition) is 2. The summed E-state index contributed by atoms with van der Waals surface area (Å²) in [7, 11) is 0. The summed E-state index contributed by atoms with van der Waals surface area (Å²) in [5.41, 5.74) is 2.53. The van der Waals surface area contributed by atoms with Crippen molar-refractivity contribution in [2.24, 2.45) is 0 Å². The number of para-hydroxylation sites is 2. The van der Waals surface area contributed by atoms with Crippen molar-refractivity contribution in [2.75, 3.05) is 10.6 Å². The molecule has 1 aromatic heterocycles. The molecule has 6 heteroatoms. The standard InChI is InChI=1S/C19H18N4O2/c1-13-17(23-18(24)22-15-9-5-3-6-10-15)14(2)21-19(20-13)25-16-11-7-4-8-12-16/h3-12H,1-2H3,(H2,22,23,24). The van der Waals surface area contributed by atoms with E-state index in [1.807, 2.05) is 60.7 Å². The molecule has 0 atom stereocenters. The molecule has 0 fully saturated rings. The Labute approximate surface area is 145 Å². The number of urea groups is 1. The first-order valence-electron chi connectivity index (χ1n) is 7.83. The van der Waals surface area contributed by atoms with E-state index in [0.29, 0.717) is 28.5 Å². The predicted octanol–water partition coefficient (Wildman–Crippen LogP) is 4.53. The van der Waals surface area contributed by atoms with Crippen molar-refractivity contribution in [3.63, 3.8) is 0 Å². The second-order valence-corrected chi connectivity index (χ2v) is 5.41. The van der Waals surface area contributed by atoms with Crippen LogP contribution >= 0.6 is 0 Å². The van der Waals surface area contributed by atoms with Gasteiger partial charge in [0.1, 0.15) is 5.75 Å². The van der Waals surface area contributed by atoms with Gasteiger partial charge in [0.15, 0.2) is 0 Å². The molecule has 6 nitrogen and oxygen atoms in total. The Morgan fingerprint density at radius 1 is 0.840 bits per heavy atom. The summed E-state index contributed by atoms with van der Waals surface area (Å²) < 4.78 is 5.65. The molecule has 0 radical (unpaired) electrons. The third kappa shape index (κ3) is 4.32. The largest absolute Gasteiger partial charge is 0.424 e. The molecule has 0 unspecified atom stereocenters. The molecule has 3 aromatic rings. The molecule has 0 spiro atoms. The van der Waals surface area contributed by atoms with Crippen LogP contribution in [-0.4, -0.2) is 16.0 Å². The average Bonchev–Trinajstić information content (AvgIpc) is 2.60. The van der Waals surface area contributed by atoms with Crippen LogP contribution in [0.2, 0.25) is 0 Å². The van der Waals surface area contributed by atoms with Crippen molar-refractivity contribution in [1.29, 1.82) is 0 Å². The van der Waals surface area contributed by atoms with Gasteiger partial charge in [-0.2, -0.15) is 9.97 Å². The Hall–Kier alpha value is -3.41. The van der Waals surface area contributed by atoms with Crippen molar-refractivity contribution in [3.05, 3.63) is 72.1 Å². The van der Waals surface area contributed by atoms with Crippen LogP contribution in [0, 0.1) is 13.8 Å². The van der Waals surface area contributed by atoms with Gasteiger partial charge in [-0.3, -0.25) is 0 Å². The Morgan fingerprint density at radius 2 is 1.40 bits per heavy atom. The van der Waals surface area contributed by atoms with Crippen LogP contribution in [0.25, 0.3) is 0 Å². The van der Waals surface area contributed by atoms with E-state index < -0.39 is 0 Å². The molecule has 0 aliphatic rings. The number of nitrogens with one attached hydrogen (secondary N) is 2. The molecule has 1 heterocycles. The molecule has 2 N–H and O–H groups in total. The minimum atomic E-state index is -0.349. The zero-order chi connectivity index (χ0) is 17.6. The number of hydrogen-bond acceptors (Lipinski definition) is 4. The van der Waals surface area contributed by atoms with Gasteiger partial charge in [0, 0.05) is 5.69 Å². The highest BCUT2D eigenvalue weighted by molar-refractivity contribution is 6.00. The summed E-state index contributed by atoms with van der Waals surface area (Å²) in [4.78, 5) is 20.8. The molecule has 0 saturated carbocycles. The molecule has 2 amide bonds. The number of nitrogens with zero attached hydrogens (tertiary/aromatic N) is 2. The van der Waals surface area contributed by atoms with Crippen molar-refractivity contribution in [1.82, 2.24) is 9.97 Å². The lowest BCUT2D eigenvalue weighted by Crippen LogP contribution is -2.21. The van der Waals surface area contributed by atoms with Gasteiger partial charge in [-0.05, 0) is 38.1 Å². The van der Waals surface area contributed by atoms with E-state index in [9.17, 15) is 4.79 Å². The van der Waals surface area contributed by atoms with Crippen molar-refractivity contribution < 1.29 is 9.53 Å². The Bertz CT molecular complexity index is 844. The Kier molecular flexibility index (Phi) is 4.89. The van der Waals surface area contributed by atoms with E-state index in [2.05, 4.69) is 20.6 Å². The summed E-state index contributed by atoms with van der Waals surface area (Å²) in [6, 6.07) is 18.4. The van der Waals surface area contributed by atoms with E-state index in [0.717, 1.165) is 0 Å². The van der Waals surface area contributed by atoms with Gasteiger partial charge in [0.05, 0.1) is 17.1 Å². The molecular weight excluding hydrogens is 316 g/mol. The summed E-state index contributed by atoms with van der Waals surface area (Å²) in [6.45, 7) is 3.59. The molecule has 126 valence electrons. The zero-order valence-electron chi connectivity index (χ0n) is 14.0. The normalized spacial score (nSPS) is 10.2. The number of rotatable bonds is 4. The smallest absolute Gasteiger partial charge is 0.323 e. The summed E-state index contributed by atoms with van der Waals surface area (Å²) in [5.74, 6) is 0.656. The minimum Gasteiger partial charge on any atom is -0.424 e. The predicted molar refractivity (Wildman–Crippen MR) is 97.1 cm³/mol. The first kappa shape index (κ1) is 16.4.